The van der Waals surface area contributed by atoms with Gasteiger partial charge in [-0.05, 0) is 77.0 Å². The first-order chi connectivity index (χ1) is 20.7. The Bertz CT molecular complexity index is 951. The van der Waals surface area contributed by atoms with Crippen molar-refractivity contribution in [3.63, 3.8) is 0 Å². The summed E-state index contributed by atoms with van der Waals surface area (Å²) in [7, 11) is 0. The van der Waals surface area contributed by atoms with Gasteiger partial charge in [0.25, 0.3) is 11.3 Å². The van der Waals surface area contributed by atoms with Crippen molar-refractivity contribution in [3.05, 3.63) is 0 Å². The van der Waals surface area contributed by atoms with E-state index in [1.165, 1.54) is 23.6 Å². The van der Waals surface area contributed by atoms with Gasteiger partial charge in [0.2, 0.25) is 11.9 Å². The maximum atomic E-state index is 13.0. The number of guanidine groups is 1. The summed E-state index contributed by atoms with van der Waals surface area (Å²) in [4.78, 5) is 42.5. The minimum absolute atomic E-state index is 0.0231. The molecule has 11 nitrogen and oxygen atoms in total. The van der Waals surface area contributed by atoms with Crippen LogP contribution in [0.5, 0.6) is 0 Å². The maximum absolute atomic E-state index is 13.0. The fourth-order valence-corrected chi connectivity index (χ4v) is 8.12. The third-order valence-corrected chi connectivity index (χ3v) is 10.9. The molecule has 1 aliphatic heterocycles. The predicted octanol–water partition coefficient (Wildman–Crippen LogP) is 5.90. The highest BCUT2D eigenvalue weighted by Gasteiger charge is 2.56. The number of alkyl carbamates (subject to hydrolysis) is 2. The van der Waals surface area contributed by atoms with Crippen LogP contribution in [0, 0.1) is 17.8 Å². The van der Waals surface area contributed by atoms with Gasteiger partial charge in [0.05, 0.1) is 30.8 Å². The number of hydrogen-bond donors (Lipinski definition) is 2. The molecule has 244 valence electrons. The van der Waals surface area contributed by atoms with E-state index in [0.29, 0.717) is 37.9 Å². The molecule has 0 spiro atoms. The number of β-lactam (4-membered cyclic amide) rings is 1. The SMILES string of the molecule is CC1(C)[C@H](CCCN=C(NC(=O)OCC2CCCCC2)NC(=O)OCC2CCCCC2)C(=O)N1S(=O)OC1CCCCC1. The second-order valence-electron chi connectivity index (χ2n) is 13.2. The van der Waals surface area contributed by atoms with Gasteiger partial charge < -0.3 is 9.47 Å². The van der Waals surface area contributed by atoms with E-state index in [1.54, 1.807) is 0 Å². The van der Waals surface area contributed by atoms with Crippen molar-refractivity contribution < 1.29 is 32.2 Å². The number of rotatable bonds is 11. The largest absolute Gasteiger partial charge is 0.449 e. The normalized spacial score (nSPS) is 24.0. The highest BCUT2D eigenvalue weighted by Crippen LogP contribution is 2.42. The molecule has 0 aromatic carbocycles. The molecule has 3 amide bonds. The second-order valence-corrected chi connectivity index (χ2v) is 14.2. The van der Waals surface area contributed by atoms with Gasteiger partial charge in [-0.1, -0.05) is 57.8 Å². The van der Waals surface area contributed by atoms with E-state index in [4.69, 9.17) is 13.7 Å². The molecule has 2 N–H and O–H groups in total. The van der Waals surface area contributed by atoms with Crippen LogP contribution in [0.3, 0.4) is 0 Å². The molecule has 3 saturated carbocycles. The Morgan fingerprint density at radius 2 is 1.33 bits per heavy atom. The average Bonchev–Trinajstić information content (AvgIpc) is 3.00. The summed E-state index contributed by atoms with van der Waals surface area (Å²) in [6, 6.07) is 0. The molecule has 1 unspecified atom stereocenters. The van der Waals surface area contributed by atoms with Gasteiger partial charge >= 0.3 is 12.2 Å². The van der Waals surface area contributed by atoms with Gasteiger partial charge in [0, 0.05) is 6.54 Å². The molecule has 12 heteroatoms. The lowest BCUT2D eigenvalue weighted by Gasteiger charge is -2.52. The number of nitrogens with one attached hydrogen (secondary N) is 2. The number of ether oxygens (including phenoxy) is 2. The quantitative estimate of drug-likeness (QED) is 0.126. The summed E-state index contributed by atoms with van der Waals surface area (Å²) in [6.45, 7) is 4.76. The highest BCUT2D eigenvalue weighted by molar-refractivity contribution is 7.78. The number of hydrogen-bond acceptors (Lipinski definition) is 8. The van der Waals surface area contributed by atoms with E-state index in [0.717, 1.165) is 77.0 Å². The van der Waals surface area contributed by atoms with E-state index in [1.807, 2.05) is 13.8 Å². The Morgan fingerprint density at radius 1 is 0.837 bits per heavy atom. The fraction of sp³-hybridized carbons (Fsp3) is 0.871. The van der Waals surface area contributed by atoms with Crippen LogP contribution >= 0.6 is 0 Å². The van der Waals surface area contributed by atoms with Crippen molar-refractivity contribution >= 4 is 35.3 Å². The van der Waals surface area contributed by atoms with Gasteiger partial charge in [-0.2, -0.15) is 0 Å². The molecule has 4 fully saturated rings. The van der Waals surface area contributed by atoms with Crippen LogP contribution in [-0.2, 0) is 29.7 Å². The predicted molar refractivity (Wildman–Crippen MR) is 164 cm³/mol. The minimum atomic E-state index is -1.80. The number of carbonyl (C=O) groups is 3. The molecule has 2 atom stereocenters. The van der Waals surface area contributed by atoms with Crippen molar-refractivity contribution in [2.45, 2.75) is 135 Å². The number of carbonyl (C=O) groups excluding carboxylic acids is 3. The van der Waals surface area contributed by atoms with Crippen molar-refractivity contribution in [1.82, 2.24) is 14.9 Å². The zero-order valence-corrected chi connectivity index (χ0v) is 26.9. The monoisotopic (exact) mass is 624 g/mol. The lowest BCUT2D eigenvalue weighted by atomic mass is 9.76. The molecule has 4 aliphatic rings. The topological polar surface area (TPSA) is 136 Å². The second kappa shape index (κ2) is 16.7. The van der Waals surface area contributed by atoms with Crippen LogP contribution in [0.2, 0.25) is 0 Å². The van der Waals surface area contributed by atoms with Crippen LogP contribution in [0.15, 0.2) is 4.99 Å². The van der Waals surface area contributed by atoms with E-state index < -0.39 is 29.0 Å². The van der Waals surface area contributed by atoms with E-state index in [2.05, 4.69) is 15.6 Å². The summed E-state index contributed by atoms with van der Waals surface area (Å²) >= 11 is -1.80. The Balaban J connectivity index is 1.25. The molecule has 0 bridgehead atoms. The van der Waals surface area contributed by atoms with Crippen LogP contribution < -0.4 is 10.6 Å². The van der Waals surface area contributed by atoms with Gasteiger partial charge in [-0.3, -0.25) is 24.6 Å². The Morgan fingerprint density at radius 3 is 1.81 bits per heavy atom. The van der Waals surface area contributed by atoms with E-state index in [-0.39, 0.29) is 30.4 Å². The summed E-state index contributed by atoms with van der Waals surface area (Å²) in [5, 5.41) is 5.14. The Kier molecular flexibility index (Phi) is 13.1. The van der Waals surface area contributed by atoms with Gasteiger partial charge in [-0.25, -0.2) is 18.1 Å². The van der Waals surface area contributed by atoms with E-state index >= 15 is 0 Å². The molecule has 43 heavy (non-hydrogen) atoms. The standard InChI is InChI=1S/C31H52N4O7S/c1-31(2)26(27(36)35(31)43(39)42-25-17-10-5-11-18-25)19-12-20-32-28(33-29(37)40-21-23-13-6-3-7-14-23)34-30(38)41-22-24-15-8-4-9-16-24/h23-26H,3-22H2,1-2H3,(H2,32,33,34,37,38)/t26-,43?/m1/s1. The number of amides is 3. The first-order valence-corrected chi connectivity index (χ1v) is 17.6. The molecule has 0 radical (unpaired) electrons. The van der Waals surface area contributed by atoms with Gasteiger partial charge in [0.15, 0.2) is 0 Å². The summed E-state index contributed by atoms with van der Waals surface area (Å²) in [5.41, 5.74) is -0.606. The fourth-order valence-electron chi connectivity index (χ4n) is 6.82. The molecule has 0 aromatic heterocycles. The van der Waals surface area contributed by atoms with Crippen LogP contribution in [0.4, 0.5) is 9.59 Å². The zero-order valence-electron chi connectivity index (χ0n) is 26.1. The zero-order chi connectivity index (χ0) is 30.7. The number of nitrogens with zero attached hydrogens (tertiary/aromatic N) is 2. The molecular formula is C31H52N4O7S. The lowest BCUT2D eigenvalue weighted by Crippen LogP contribution is -2.68. The average molecular weight is 625 g/mol. The first-order valence-electron chi connectivity index (χ1n) is 16.6. The molecular weight excluding hydrogens is 572 g/mol. The molecule has 1 heterocycles. The Labute approximate surface area is 259 Å². The first kappa shape index (κ1) is 33.7. The minimum Gasteiger partial charge on any atom is -0.449 e. The summed E-state index contributed by atoms with van der Waals surface area (Å²) in [6.07, 6.45) is 16.0. The van der Waals surface area contributed by atoms with Gasteiger partial charge in [-0.15, -0.1) is 0 Å². The smallest absolute Gasteiger partial charge is 0.413 e. The van der Waals surface area contributed by atoms with E-state index in [9.17, 15) is 18.6 Å². The van der Waals surface area contributed by atoms with Crippen molar-refractivity contribution in [1.29, 1.82) is 0 Å². The van der Waals surface area contributed by atoms with Crippen LogP contribution in [0.25, 0.3) is 0 Å². The summed E-state index contributed by atoms with van der Waals surface area (Å²) < 4.78 is 30.8. The molecule has 0 aromatic rings. The van der Waals surface area contributed by atoms with Crippen molar-refractivity contribution in [2.75, 3.05) is 19.8 Å². The van der Waals surface area contributed by atoms with Crippen molar-refractivity contribution in [3.8, 4) is 0 Å². The third kappa shape index (κ3) is 10.2. The molecule has 3 aliphatic carbocycles. The van der Waals surface area contributed by atoms with Crippen LogP contribution in [0.1, 0.15) is 123 Å². The number of aliphatic imine (C=N–C) groups is 1. The lowest BCUT2D eigenvalue weighted by molar-refractivity contribution is -0.155. The molecule has 4 rings (SSSR count). The maximum Gasteiger partial charge on any atom is 0.413 e. The van der Waals surface area contributed by atoms with Crippen molar-refractivity contribution in [2.24, 2.45) is 22.7 Å². The Hall–Kier alpha value is -2.21. The third-order valence-electron chi connectivity index (χ3n) is 9.51. The highest BCUT2D eigenvalue weighted by atomic mass is 32.2. The van der Waals surface area contributed by atoms with Crippen LogP contribution in [-0.4, -0.2) is 64.0 Å². The summed E-state index contributed by atoms with van der Waals surface area (Å²) in [5.74, 6) is 0.200. The molecule has 1 saturated heterocycles. The van der Waals surface area contributed by atoms with Gasteiger partial charge in [0.1, 0.15) is 0 Å².